The molecule has 0 aliphatic rings. The van der Waals surface area contributed by atoms with Crippen LogP contribution in [-0.2, 0) is 0 Å². The topological polar surface area (TPSA) is 69.6 Å². The molecule has 0 atom stereocenters. The van der Waals surface area contributed by atoms with Gasteiger partial charge >= 0.3 is 0 Å². The van der Waals surface area contributed by atoms with E-state index in [0.29, 0.717) is 5.82 Å². The fraction of sp³-hybridized carbons (Fsp3) is 0.0625. The number of thiazole rings is 1. The maximum absolute atomic E-state index is 5.92. The van der Waals surface area contributed by atoms with Crippen LogP contribution in [-0.4, -0.2) is 19.7 Å². The van der Waals surface area contributed by atoms with Crippen LogP contribution in [0.3, 0.4) is 0 Å². The lowest BCUT2D eigenvalue weighted by Crippen LogP contribution is -2.03. The molecule has 3 heterocycles. The number of pyridine rings is 1. The Morgan fingerprint density at radius 3 is 2.83 bits per heavy atom. The monoisotopic (exact) mass is 343 g/mol. The normalized spacial score (nSPS) is 10.7. The van der Waals surface area contributed by atoms with Crippen LogP contribution in [0.2, 0.25) is 0 Å². The van der Waals surface area contributed by atoms with Gasteiger partial charge in [-0.1, -0.05) is 12.1 Å². The lowest BCUT2D eigenvalue weighted by molar-refractivity contribution is 0.852. The van der Waals surface area contributed by atoms with E-state index < -0.39 is 0 Å². The molecule has 4 rings (SSSR count). The van der Waals surface area contributed by atoms with Crippen molar-refractivity contribution < 1.29 is 0 Å². The molecule has 0 spiro atoms. The van der Waals surface area contributed by atoms with Crippen molar-refractivity contribution in [3.8, 4) is 17.1 Å². The first-order chi connectivity index (χ1) is 10.7. The summed E-state index contributed by atoms with van der Waals surface area (Å²) in [6, 6.07) is 13.9. The standard InChI is InChI=1S/C16H13N5S.ClH/c1-10-3-2-4-16(19-10)21-13(8-15(17)20-21)11-5-6-12-14(7-11)22-9-18-12;/h2-9H,1H3,(H2,17,20);1H. The number of nitrogens with two attached hydrogens (primary N) is 1. The third-order valence-corrected chi connectivity index (χ3v) is 4.24. The summed E-state index contributed by atoms with van der Waals surface area (Å²) in [7, 11) is 0. The minimum atomic E-state index is 0. The molecule has 5 nitrogen and oxygen atoms in total. The summed E-state index contributed by atoms with van der Waals surface area (Å²) < 4.78 is 2.92. The van der Waals surface area contributed by atoms with Crippen molar-refractivity contribution >= 4 is 39.8 Å². The largest absolute Gasteiger partial charge is 0.382 e. The van der Waals surface area contributed by atoms with Gasteiger partial charge in [-0.25, -0.2) is 14.6 Å². The predicted octanol–water partition coefficient (Wildman–Crippen LogP) is 3.86. The zero-order valence-electron chi connectivity index (χ0n) is 12.3. The van der Waals surface area contributed by atoms with Gasteiger partial charge in [-0.3, -0.25) is 0 Å². The van der Waals surface area contributed by atoms with Gasteiger partial charge in [-0.15, -0.1) is 28.8 Å². The van der Waals surface area contributed by atoms with Crippen LogP contribution in [0.15, 0.2) is 48.0 Å². The highest BCUT2D eigenvalue weighted by atomic mass is 35.5. The molecule has 0 aliphatic heterocycles. The molecule has 0 unspecified atom stereocenters. The zero-order valence-corrected chi connectivity index (χ0v) is 13.9. The van der Waals surface area contributed by atoms with E-state index in [0.717, 1.165) is 33.0 Å². The second-order valence-corrected chi connectivity index (χ2v) is 5.92. The number of fused-ring (bicyclic) bond motifs is 1. The number of anilines is 1. The number of nitrogen functional groups attached to an aromatic ring is 1. The Balaban J connectivity index is 0.00000156. The Hall–Kier alpha value is -2.44. The number of rotatable bonds is 2. The van der Waals surface area contributed by atoms with Crippen LogP contribution in [0, 0.1) is 6.92 Å². The second kappa shape index (κ2) is 5.98. The highest BCUT2D eigenvalue weighted by Gasteiger charge is 2.12. The molecule has 0 bridgehead atoms. The molecule has 7 heteroatoms. The number of aromatic nitrogens is 4. The van der Waals surface area contributed by atoms with Gasteiger partial charge in [0.15, 0.2) is 5.82 Å². The summed E-state index contributed by atoms with van der Waals surface area (Å²) in [5, 5.41) is 4.39. The summed E-state index contributed by atoms with van der Waals surface area (Å²) in [6.07, 6.45) is 0. The van der Waals surface area contributed by atoms with Gasteiger partial charge in [-0.2, -0.15) is 0 Å². The van der Waals surface area contributed by atoms with Gasteiger partial charge in [0, 0.05) is 17.3 Å². The van der Waals surface area contributed by atoms with Gasteiger partial charge in [0.25, 0.3) is 0 Å². The molecule has 3 aromatic heterocycles. The summed E-state index contributed by atoms with van der Waals surface area (Å²) in [6.45, 7) is 1.96. The van der Waals surface area contributed by atoms with Crippen molar-refractivity contribution in [2.75, 3.05) is 5.73 Å². The molecule has 0 radical (unpaired) electrons. The van der Waals surface area contributed by atoms with Crippen molar-refractivity contribution in [1.29, 1.82) is 0 Å². The van der Waals surface area contributed by atoms with E-state index in [9.17, 15) is 0 Å². The molecular weight excluding hydrogens is 330 g/mol. The first-order valence-electron chi connectivity index (χ1n) is 6.84. The highest BCUT2D eigenvalue weighted by molar-refractivity contribution is 7.16. The Labute approximate surface area is 143 Å². The molecule has 116 valence electrons. The smallest absolute Gasteiger partial charge is 0.154 e. The van der Waals surface area contributed by atoms with Gasteiger partial charge < -0.3 is 5.73 Å². The van der Waals surface area contributed by atoms with E-state index in [2.05, 4.69) is 21.1 Å². The minimum absolute atomic E-state index is 0. The molecule has 23 heavy (non-hydrogen) atoms. The Morgan fingerprint density at radius 2 is 2.00 bits per heavy atom. The van der Waals surface area contributed by atoms with Gasteiger partial charge in [0.1, 0.15) is 5.82 Å². The third-order valence-electron chi connectivity index (χ3n) is 3.45. The summed E-state index contributed by atoms with van der Waals surface area (Å²) in [5.41, 5.74) is 11.7. The molecule has 1 aromatic carbocycles. The SMILES string of the molecule is Cc1cccc(-n2nc(N)cc2-c2ccc3ncsc3c2)n1.Cl. The number of aryl methyl sites for hydroxylation is 1. The van der Waals surface area contributed by atoms with Crippen molar-refractivity contribution in [3.05, 3.63) is 53.7 Å². The number of halogens is 1. The quantitative estimate of drug-likeness (QED) is 0.600. The molecule has 0 saturated heterocycles. The second-order valence-electron chi connectivity index (χ2n) is 5.04. The van der Waals surface area contributed by atoms with Gasteiger partial charge in [0.05, 0.1) is 21.4 Å². The van der Waals surface area contributed by atoms with Crippen LogP contribution in [0.1, 0.15) is 5.69 Å². The van der Waals surface area contributed by atoms with E-state index in [1.165, 1.54) is 0 Å². The van der Waals surface area contributed by atoms with E-state index in [1.54, 1.807) is 16.0 Å². The van der Waals surface area contributed by atoms with Gasteiger partial charge in [0.2, 0.25) is 0 Å². The number of hydrogen-bond acceptors (Lipinski definition) is 5. The van der Waals surface area contributed by atoms with Crippen molar-refractivity contribution in [2.24, 2.45) is 0 Å². The van der Waals surface area contributed by atoms with Crippen molar-refractivity contribution in [1.82, 2.24) is 19.7 Å². The Bertz CT molecular complexity index is 975. The number of nitrogens with zero attached hydrogens (tertiary/aromatic N) is 4. The first-order valence-corrected chi connectivity index (χ1v) is 7.72. The highest BCUT2D eigenvalue weighted by Crippen LogP contribution is 2.28. The van der Waals surface area contributed by atoms with Crippen LogP contribution >= 0.6 is 23.7 Å². The van der Waals surface area contributed by atoms with E-state index in [4.69, 9.17) is 5.73 Å². The average molecular weight is 344 g/mol. The maximum Gasteiger partial charge on any atom is 0.154 e. The fourth-order valence-electron chi connectivity index (χ4n) is 2.44. The molecular formula is C16H14ClN5S. The Kier molecular flexibility index (Phi) is 4.02. The van der Waals surface area contributed by atoms with Crippen LogP contribution in [0.5, 0.6) is 0 Å². The molecule has 2 N–H and O–H groups in total. The molecule has 0 saturated carbocycles. The molecule has 4 aromatic rings. The molecule has 0 aliphatic carbocycles. The number of hydrogen-bond donors (Lipinski definition) is 1. The average Bonchev–Trinajstić information content (AvgIpc) is 3.12. The van der Waals surface area contributed by atoms with Gasteiger partial charge in [-0.05, 0) is 31.2 Å². The fourth-order valence-corrected chi connectivity index (χ4v) is 3.16. The van der Waals surface area contributed by atoms with Crippen LogP contribution in [0.4, 0.5) is 5.82 Å². The van der Waals surface area contributed by atoms with Crippen molar-refractivity contribution in [2.45, 2.75) is 6.92 Å². The molecule has 0 amide bonds. The lowest BCUT2D eigenvalue weighted by atomic mass is 10.1. The summed E-state index contributed by atoms with van der Waals surface area (Å²) in [4.78, 5) is 8.84. The lowest BCUT2D eigenvalue weighted by Gasteiger charge is -2.07. The maximum atomic E-state index is 5.92. The third kappa shape index (κ3) is 2.78. The Morgan fingerprint density at radius 1 is 1.13 bits per heavy atom. The predicted molar refractivity (Wildman–Crippen MR) is 96.4 cm³/mol. The van der Waals surface area contributed by atoms with Crippen molar-refractivity contribution in [3.63, 3.8) is 0 Å². The van der Waals surface area contributed by atoms with Crippen LogP contribution < -0.4 is 5.73 Å². The van der Waals surface area contributed by atoms with Crippen LogP contribution in [0.25, 0.3) is 27.3 Å². The number of benzene rings is 1. The summed E-state index contributed by atoms with van der Waals surface area (Å²) in [5.74, 6) is 1.24. The minimum Gasteiger partial charge on any atom is -0.382 e. The summed E-state index contributed by atoms with van der Waals surface area (Å²) >= 11 is 1.62. The first kappa shape index (κ1) is 15.5. The molecule has 0 fully saturated rings. The van der Waals surface area contributed by atoms with E-state index >= 15 is 0 Å². The van der Waals surface area contributed by atoms with E-state index in [1.807, 2.05) is 48.8 Å². The zero-order chi connectivity index (χ0) is 15.1. The van der Waals surface area contributed by atoms with E-state index in [-0.39, 0.29) is 12.4 Å².